The molecule has 18 heavy (non-hydrogen) atoms. The number of aliphatic carboxylic acids is 1. The molecule has 2 N–H and O–H groups in total. The molecule has 1 atom stereocenters. The largest absolute Gasteiger partial charge is 0.480 e. The van der Waals surface area contributed by atoms with Crippen molar-refractivity contribution in [3.63, 3.8) is 0 Å². The van der Waals surface area contributed by atoms with E-state index >= 15 is 0 Å². The fraction of sp³-hybridized carbons (Fsp3) is 0.556. The van der Waals surface area contributed by atoms with Crippen LogP contribution in [0.4, 0.5) is 0 Å². The monoisotopic (exact) mass is 293 g/mol. The number of sulfonamides is 1. The Morgan fingerprint density at radius 2 is 2.33 bits per heavy atom. The minimum atomic E-state index is -3.84. The van der Waals surface area contributed by atoms with Crippen LogP contribution in [0, 0.1) is 0 Å². The first-order valence-corrected chi connectivity index (χ1v) is 7.97. The lowest BCUT2D eigenvalue weighted by molar-refractivity contribution is -0.139. The highest BCUT2D eigenvalue weighted by atomic mass is 32.2. The highest BCUT2D eigenvalue weighted by Gasteiger charge is 2.25. The summed E-state index contributed by atoms with van der Waals surface area (Å²) in [6.45, 7) is 0. The van der Waals surface area contributed by atoms with E-state index in [0.717, 1.165) is 0 Å². The van der Waals surface area contributed by atoms with Gasteiger partial charge in [0, 0.05) is 13.2 Å². The summed E-state index contributed by atoms with van der Waals surface area (Å²) in [5, 5.41) is 12.7. The van der Waals surface area contributed by atoms with E-state index in [-0.39, 0.29) is 11.3 Å². The summed E-state index contributed by atoms with van der Waals surface area (Å²) >= 11 is 1.46. The second-order valence-electron chi connectivity index (χ2n) is 3.64. The summed E-state index contributed by atoms with van der Waals surface area (Å²) < 4.78 is 27.3. The van der Waals surface area contributed by atoms with Crippen LogP contribution in [0.25, 0.3) is 0 Å². The first-order valence-electron chi connectivity index (χ1n) is 5.09. The number of nitrogens with one attached hydrogen (secondary N) is 1. The van der Waals surface area contributed by atoms with Crippen LogP contribution < -0.4 is 4.72 Å². The topological polar surface area (TPSA) is 101 Å². The number of carboxylic acids is 1. The molecule has 0 aromatic carbocycles. The summed E-state index contributed by atoms with van der Waals surface area (Å²) in [6, 6.07) is -1.12. The third-order valence-corrected chi connectivity index (χ3v) is 4.27. The molecule has 0 spiro atoms. The Kier molecular flexibility index (Phi) is 5.17. The molecule has 0 saturated carbocycles. The summed E-state index contributed by atoms with van der Waals surface area (Å²) in [6.07, 6.45) is 4.55. The maximum atomic E-state index is 11.9. The van der Waals surface area contributed by atoms with Crippen LogP contribution in [0.3, 0.4) is 0 Å². The fourth-order valence-electron chi connectivity index (χ4n) is 1.26. The van der Waals surface area contributed by atoms with E-state index in [1.54, 1.807) is 7.05 Å². The molecule has 0 amide bonds. The first kappa shape index (κ1) is 15.0. The summed E-state index contributed by atoms with van der Waals surface area (Å²) in [5.74, 6) is -0.622. The molecular formula is C9H15N3O4S2. The lowest BCUT2D eigenvalue weighted by Gasteiger charge is -2.13. The molecule has 7 nitrogen and oxygen atoms in total. The number of nitrogens with zero attached hydrogens (tertiary/aromatic N) is 2. The Bertz CT molecular complexity index is 512. The van der Waals surface area contributed by atoms with Crippen molar-refractivity contribution in [2.24, 2.45) is 7.05 Å². The average molecular weight is 293 g/mol. The Hall–Kier alpha value is -1.06. The van der Waals surface area contributed by atoms with Gasteiger partial charge in [-0.05, 0) is 18.4 Å². The van der Waals surface area contributed by atoms with Gasteiger partial charge in [0.1, 0.15) is 10.9 Å². The maximum Gasteiger partial charge on any atom is 0.321 e. The Balaban J connectivity index is 2.82. The quantitative estimate of drug-likeness (QED) is 0.728. The zero-order valence-corrected chi connectivity index (χ0v) is 11.7. The number of carbonyl (C=O) groups is 1. The second-order valence-corrected chi connectivity index (χ2v) is 6.34. The minimum Gasteiger partial charge on any atom is -0.480 e. The maximum absolute atomic E-state index is 11.9. The van der Waals surface area contributed by atoms with Crippen LogP contribution in [0.5, 0.6) is 0 Å². The van der Waals surface area contributed by atoms with E-state index in [1.165, 1.54) is 28.8 Å². The van der Waals surface area contributed by atoms with Crippen molar-refractivity contribution in [3.8, 4) is 0 Å². The van der Waals surface area contributed by atoms with Crippen molar-refractivity contribution in [1.82, 2.24) is 14.5 Å². The number of aromatic nitrogens is 2. The SMILES string of the molecule is CSCC[C@@H](NS(=O)(=O)c1cnn(C)c1)C(=O)O. The molecule has 0 saturated heterocycles. The molecule has 1 aromatic heterocycles. The molecule has 0 radical (unpaired) electrons. The molecule has 0 unspecified atom stereocenters. The molecule has 0 aliphatic carbocycles. The van der Waals surface area contributed by atoms with Crippen molar-refractivity contribution in [2.75, 3.05) is 12.0 Å². The van der Waals surface area contributed by atoms with E-state index in [9.17, 15) is 13.2 Å². The molecule has 0 aliphatic rings. The number of hydrogen-bond donors (Lipinski definition) is 2. The van der Waals surface area contributed by atoms with Gasteiger partial charge in [0.25, 0.3) is 0 Å². The predicted octanol–water partition coefficient (Wildman–Crippen LogP) is -0.0953. The Morgan fingerprint density at radius 3 is 2.78 bits per heavy atom. The van der Waals surface area contributed by atoms with E-state index in [4.69, 9.17) is 5.11 Å². The van der Waals surface area contributed by atoms with Gasteiger partial charge in [0.05, 0.1) is 6.20 Å². The van der Waals surface area contributed by atoms with Crippen molar-refractivity contribution in [1.29, 1.82) is 0 Å². The van der Waals surface area contributed by atoms with Gasteiger partial charge in [0.15, 0.2) is 0 Å². The van der Waals surface area contributed by atoms with E-state index in [0.29, 0.717) is 5.75 Å². The second kappa shape index (κ2) is 6.21. The van der Waals surface area contributed by atoms with E-state index in [1.807, 2.05) is 6.26 Å². The van der Waals surface area contributed by atoms with Gasteiger partial charge in [-0.1, -0.05) is 0 Å². The highest BCUT2D eigenvalue weighted by Crippen LogP contribution is 2.09. The van der Waals surface area contributed by atoms with E-state index in [2.05, 4.69) is 9.82 Å². The first-order chi connectivity index (χ1) is 8.36. The normalized spacial score (nSPS) is 13.4. The van der Waals surface area contributed by atoms with Gasteiger partial charge in [0.2, 0.25) is 10.0 Å². The van der Waals surface area contributed by atoms with Crippen LogP contribution in [0.2, 0.25) is 0 Å². The number of carboxylic acid groups (broad SMARTS) is 1. The zero-order chi connectivity index (χ0) is 13.8. The van der Waals surface area contributed by atoms with Gasteiger partial charge >= 0.3 is 5.97 Å². The smallest absolute Gasteiger partial charge is 0.321 e. The molecule has 1 aromatic rings. The summed E-state index contributed by atoms with van der Waals surface area (Å²) in [7, 11) is -2.25. The number of rotatable bonds is 7. The zero-order valence-electron chi connectivity index (χ0n) is 10.0. The van der Waals surface area contributed by atoms with Crippen molar-refractivity contribution < 1.29 is 18.3 Å². The number of thioether (sulfide) groups is 1. The van der Waals surface area contributed by atoms with Crippen LogP contribution in [0.1, 0.15) is 6.42 Å². The molecule has 1 heterocycles. The lowest BCUT2D eigenvalue weighted by Crippen LogP contribution is -2.41. The molecular weight excluding hydrogens is 278 g/mol. The molecule has 102 valence electrons. The van der Waals surface area contributed by atoms with Crippen molar-refractivity contribution >= 4 is 27.8 Å². The standard InChI is InChI=1S/C9H15N3O4S2/c1-12-6-7(5-10-12)18(15,16)11-8(9(13)14)3-4-17-2/h5-6,8,11H,3-4H2,1-2H3,(H,13,14)/t8-/m1/s1. The summed E-state index contributed by atoms with van der Waals surface area (Å²) in [5.41, 5.74) is 0. The van der Waals surface area contributed by atoms with Crippen LogP contribution >= 0.6 is 11.8 Å². The summed E-state index contributed by atoms with van der Waals surface area (Å²) in [4.78, 5) is 10.9. The van der Waals surface area contributed by atoms with Crippen molar-refractivity contribution in [2.45, 2.75) is 17.4 Å². The highest BCUT2D eigenvalue weighted by molar-refractivity contribution is 7.98. The number of aryl methyl sites for hydroxylation is 1. The molecule has 0 aliphatic heterocycles. The average Bonchev–Trinajstić information content (AvgIpc) is 2.71. The third-order valence-electron chi connectivity index (χ3n) is 2.20. The van der Waals surface area contributed by atoms with E-state index < -0.39 is 22.0 Å². The molecule has 0 bridgehead atoms. The lowest BCUT2D eigenvalue weighted by atomic mass is 10.2. The Labute approximate surface area is 110 Å². The molecule has 0 fully saturated rings. The fourth-order valence-corrected chi connectivity index (χ4v) is 2.94. The van der Waals surface area contributed by atoms with Crippen LogP contribution in [-0.4, -0.2) is 47.3 Å². The predicted molar refractivity (Wildman–Crippen MR) is 68.0 cm³/mol. The minimum absolute atomic E-state index is 0.0413. The molecule has 9 heteroatoms. The van der Waals surface area contributed by atoms with Gasteiger partial charge < -0.3 is 5.11 Å². The van der Waals surface area contributed by atoms with Crippen LogP contribution in [-0.2, 0) is 21.9 Å². The van der Waals surface area contributed by atoms with Gasteiger partial charge in [-0.25, -0.2) is 8.42 Å². The number of hydrogen-bond acceptors (Lipinski definition) is 5. The Morgan fingerprint density at radius 1 is 1.67 bits per heavy atom. The molecule has 1 rings (SSSR count). The van der Waals surface area contributed by atoms with Gasteiger partial charge in [-0.15, -0.1) is 0 Å². The van der Waals surface area contributed by atoms with Crippen molar-refractivity contribution in [3.05, 3.63) is 12.4 Å². The van der Waals surface area contributed by atoms with Crippen LogP contribution in [0.15, 0.2) is 17.3 Å². The van der Waals surface area contributed by atoms with Gasteiger partial charge in [-0.3, -0.25) is 9.48 Å². The third kappa shape index (κ3) is 4.00. The van der Waals surface area contributed by atoms with Gasteiger partial charge in [-0.2, -0.15) is 21.6 Å².